The van der Waals surface area contributed by atoms with Crippen molar-refractivity contribution in [2.45, 2.75) is 103 Å². The smallest absolute Gasteiger partial charge is 0.310 e. The summed E-state index contributed by atoms with van der Waals surface area (Å²) in [6, 6.07) is 9.81. The second kappa shape index (κ2) is 13.0. The Kier molecular flexibility index (Phi) is 11.3. The quantitative estimate of drug-likeness (QED) is 0.271. The minimum absolute atomic E-state index is 0.122. The van der Waals surface area contributed by atoms with Crippen LogP contribution in [0.1, 0.15) is 97.0 Å². The fourth-order valence-electron chi connectivity index (χ4n) is 3.20. The summed E-state index contributed by atoms with van der Waals surface area (Å²) in [5.41, 5.74) is 0.661. The van der Waals surface area contributed by atoms with Gasteiger partial charge in [0.05, 0.1) is 6.42 Å². The zero-order chi connectivity index (χ0) is 18.4. The van der Waals surface area contributed by atoms with Crippen LogP contribution < -0.4 is 0 Å². The summed E-state index contributed by atoms with van der Waals surface area (Å²) in [5, 5.41) is 0. The molecule has 0 spiro atoms. The monoisotopic (exact) mass is 346 g/mol. The Hall–Kier alpha value is -1.31. The van der Waals surface area contributed by atoms with Gasteiger partial charge in [-0.05, 0) is 32.3 Å². The highest BCUT2D eigenvalue weighted by Crippen LogP contribution is 2.20. The molecule has 142 valence electrons. The average Bonchev–Trinajstić information content (AvgIpc) is 2.57. The predicted molar refractivity (Wildman–Crippen MR) is 107 cm³/mol. The first-order valence-corrected chi connectivity index (χ1v) is 10.3. The Labute approximate surface area is 155 Å². The number of rotatable bonds is 14. The molecule has 0 aromatic heterocycles. The Bertz CT molecular complexity index is 450. The topological polar surface area (TPSA) is 26.3 Å². The van der Waals surface area contributed by atoms with Crippen molar-refractivity contribution >= 4 is 5.97 Å². The van der Waals surface area contributed by atoms with Crippen LogP contribution in [-0.2, 0) is 16.0 Å². The fraction of sp³-hybridized carbons (Fsp3) is 0.696. The zero-order valence-electron chi connectivity index (χ0n) is 16.7. The van der Waals surface area contributed by atoms with E-state index in [2.05, 4.69) is 6.92 Å². The SMILES string of the molecule is CCCCCCCCCCCCC(C)(C)OC(=O)Cc1ccccc1. The highest BCUT2D eigenvalue weighted by atomic mass is 16.6. The summed E-state index contributed by atoms with van der Waals surface area (Å²) in [7, 11) is 0. The first-order chi connectivity index (χ1) is 12.0. The van der Waals surface area contributed by atoms with Gasteiger partial charge >= 0.3 is 5.97 Å². The van der Waals surface area contributed by atoms with E-state index in [0.717, 1.165) is 18.4 Å². The predicted octanol–water partition coefficient (Wildman–Crippen LogP) is 6.86. The normalized spacial score (nSPS) is 11.5. The molecular formula is C23H38O2. The van der Waals surface area contributed by atoms with Crippen molar-refractivity contribution in [3.63, 3.8) is 0 Å². The van der Waals surface area contributed by atoms with E-state index in [4.69, 9.17) is 4.74 Å². The van der Waals surface area contributed by atoms with Crippen molar-refractivity contribution in [3.05, 3.63) is 35.9 Å². The minimum Gasteiger partial charge on any atom is -0.459 e. The number of unbranched alkanes of at least 4 members (excludes halogenated alkanes) is 9. The van der Waals surface area contributed by atoms with E-state index in [1.165, 1.54) is 57.8 Å². The first-order valence-electron chi connectivity index (χ1n) is 10.3. The van der Waals surface area contributed by atoms with Crippen molar-refractivity contribution in [2.24, 2.45) is 0 Å². The van der Waals surface area contributed by atoms with Crippen molar-refractivity contribution < 1.29 is 9.53 Å². The van der Waals surface area contributed by atoms with E-state index >= 15 is 0 Å². The van der Waals surface area contributed by atoms with Gasteiger partial charge in [0.1, 0.15) is 5.60 Å². The lowest BCUT2D eigenvalue weighted by Gasteiger charge is -2.25. The zero-order valence-corrected chi connectivity index (χ0v) is 16.7. The molecule has 0 N–H and O–H groups in total. The second-order valence-corrected chi connectivity index (χ2v) is 7.83. The van der Waals surface area contributed by atoms with Crippen LogP contribution in [0.25, 0.3) is 0 Å². The number of ether oxygens (including phenoxy) is 1. The van der Waals surface area contributed by atoms with Gasteiger partial charge in [-0.1, -0.05) is 95.0 Å². The lowest BCUT2D eigenvalue weighted by atomic mass is 9.99. The Morgan fingerprint density at radius 3 is 1.92 bits per heavy atom. The molecule has 1 aromatic carbocycles. The molecule has 0 fully saturated rings. The molecule has 2 nitrogen and oxygen atoms in total. The summed E-state index contributed by atoms with van der Waals surface area (Å²) in [5.74, 6) is -0.122. The maximum atomic E-state index is 12.1. The van der Waals surface area contributed by atoms with E-state index in [9.17, 15) is 4.79 Å². The standard InChI is InChI=1S/C23H38O2/c1-4-5-6-7-8-9-10-11-12-16-19-23(2,3)25-22(24)20-21-17-14-13-15-18-21/h13-15,17-18H,4-12,16,19-20H2,1-3H3. The van der Waals surface area contributed by atoms with Crippen LogP contribution in [-0.4, -0.2) is 11.6 Å². The Balaban J connectivity index is 2.05. The molecule has 0 saturated carbocycles. The van der Waals surface area contributed by atoms with Gasteiger partial charge in [0.15, 0.2) is 0 Å². The lowest BCUT2D eigenvalue weighted by molar-refractivity contribution is -0.156. The van der Waals surface area contributed by atoms with Gasteiger partial charge < -0.3 is 4.74 Å². The van der Waals surface area contributed by atoms with Crippen LogP contribution in [0.15, 0.2) is 30.3 Å². The van der Waals surface area contributed by atoms with Crippen molar-refractivity contribution in [1.29, 1.82) is 0 Å². The summed E-state index contributed by atoms with van der Waals surface area (Å²) in [6.07, 6.45) is 14.6. The number of carbonyl (C=O) groups is 1. The van der Waals surface area contributed by atoms with Crippen LogP contribution in [0, 0.1) is 0 Å². The molecule has 25 heavy (non-hydrogen) atoms. The highest BCUT2D eigenvalue weighted by Gasteiger charge is 2.22. The molecule has 0 atom stereocenters. The number of carbonyl (C=O) groups excluding carboxylic acids is 1. The van der Waals surface area contributed by atoms with Gasteiger partial charge in [0, 0.05) is 0 Å². The molecule has 0 amide bonds. The molecule has 1 aromatic rings. The van der Waals surface area contributed by atoms with Gasteiger partial charge in [-0.25, -0.2) is 0 Å². The van der Waals surface area contributed by atoms with Crippen LogP contribution in [0.5, 0.6) is 0 Å². The van der Waals surface area contributed by atoms with Crippen LogP contribution in [0.2, 0.25) is 0 Å². The third-order valence-corrected chi connectivity index (χ3v) is 4.71. The summed E-state index contributed by atoms with van der Waals surface area (Å²) in [6.45, 7) is 6.33. The van der Waals surface area contributed by atoms with Crippen LogP contribution >= 0.6 is 0 Å². The maximum Gasteiger partial charge on any atom is 0.310 e. The summed E-state index contributed by atoms with van der Waals surface area (Å²) < 4.78 is 5.69. The molecule has 0 bridgehead atoms. The van der Waals surface area contributed by atoms with Crippen molar-refractivity contribution in [3.8, 4) is 0 Å². The third kappa shape index (κ3) is 11.8. The molecule has 0 saturated heterocycles. The largest absolute Gasteiger partial charge is 0.459 e. The van der Waals surface area contributed by atoms with E-state index < -0.39 is 0 Å². The maximum absolute atomic E-state index is 12.1. The molecule has 0 radical (unpaired) electrons. The molecule has 0 aliphatic heterocycles. The van der Waals surface area contributed by atoms with Crippen LogP contribution in [0.3, 0.4) is 0 Å². The Morgan fingerprint density at radius 1 is 0.840 bits per heavy atom. The average molecular weight is 347 g/mol. The third-order valence-electron chi connectivity index (χ3n) is 4.71. The van der Waals surface area contributed by atoms with E-state index in [-0.39, 0.29) is 11.6 Å². The molecule has 0 heterocycles. The van der Waals surface area contributed by atoms with Gasteiger partial charge in [0.2, 0.25) is 0 Å². The summed E-state index contributed by atoms with van der Waals surface area (Å²) in [4.78, 5) is 12.1. The minimum atomic E-state index is -0.355. The van der Waals surface area contributed by atoms with Gasteiger partial charge in [-0.15, -0.1) is 0 Å². The molecular weight excluding hydrogens is 308 g/mol. The van der Waals surface area contributed by atoms with Crippen molar-refractivity contribution in [1.82, 2.24) is 0 Å². The number of benzene rings is 1. The number of esters is 1. The molecule has 2 heteroatoms. The van der Waals surface area contributed by atoms with Gasteiger partial charge in [-0.2, -0.15) is 0 Å². The number of hydrogen-bond acceptors (Lipinski definition) is 2. The molecule has 0 aliphatic carbocycles. The molecule has 0 unspecified atom stereocenters. The highest BCUT2D eigenvalue weighted by molar-refractivity contribution is 5.72. The van der Waals surface area contributed by atoms with E-state index in [0.29, 0.717) is 6.42 Å². The fourth-order valence-corrected chi connectivity index (χ4v) is 3.20. The lowest BCUT2D eigenvalue weighted by Crippen LogP contribution is -2.28. The van der Waals surface area contributed by atoms with E-state index in [1.807, 2.05) is 44.2 Å². The molecule has 1 rings (SSSR count). The van der Waals surface area contributed by atoms with E-state index in [1.54, 1.807) is 0 Å². The van der Waals surface area contributed by atoms with Crippen molar-refractivity contribution in [2.75, 3.05) is 0 Å². The van der Waals surface area contributed by atoms with Crippen LogP contribution in [0.4, 0.5) is 0 Å². The summed E-state index contributed by atoms with van der Waals surface area (Å²) >= 11 is 0. The number of hydrogen-bond donors (Lipinski definition) is 0. The van der Waals surface area contributed by atoms with Gasteiger partial charge in [-0.3, -0.25) is 4.79 Å². The van der Waals surface area contributed by atoms with Gasteiger partial charge in [0.25, 0.3) is 0 Å². The first kappa shape index (κ1) is 21.7. The Morgan fingerprint density at radius 2 is 1.36 bits per heavy atom. The molecule has 0 aliphatic rings. The second-order valence-electron chi connectivity index (χ2n) is 7.83.